The van der Waals surface area contributed by atoms with Gasteiger partial charge in [0.05, 0.1) is 24.0 Å². The molecule has 132 valence electrons. The number of nitriles is 1. The first-order chi connectivity index (χ1) is 12.7. The van der Waals surface area contributed by atoms with Gasteiger partial charge in [0.1, 0.15) is 5.75 Å². The molecule has 0 saturated heterocycles. The van der Waals surface area contributed by atoms with Crippen LogP contribution in [0.1, 0.15) is 12.5 Å². The Hall–Kier alpha value is -2.78. The van der Waals surface area contributed by atoms with E-state index in [0.29, 0.717) is 0 Å². The minimum atomic E-state index is -0.194. The van der Waals surface area contributed by atoms with Crippen LogP contribution in [0, 0.1) is 11.3 Å². The van der Waals surface area contributed by atoms with E-state index in [0.717, 1.165) is 35.3 Å². The quantitative estimate of drug-likeness (QED) is 0.588. The van der Waals surface area contributed by atoms with Crippen LogP contribution in [-0.4, -0.2) is 27.1 Å². The number of thioether (sulfide) groups is 1. The highest BCUT2D eigenvalue weighted by Crippen LogP contribution is 2.32. The van der Waals surface area contributed by atoms with Gasteiger partial charge < -0.3 is 9.30 Å². The van der Waals surface area contributed by atoms with Crippen molar-refractivity contribution < 1.29 is 4.74 Å². The number of hydrogen-bond donors (Lipinski definition) is 0. The lowest BCUT2D eigenvalue weighted by Gasteiger charge is -2.13. The predicted molar refractivity (Wildman–Crippen MR) is 103 cm³/mol. The average molecular weight is 364 g/mol. The van der Waals surface area contributed by atoms with Gasteiger partial charge in [-0.05, 0) is 31.0 Å². The zero-order valence-electron chi connectivity index (χ0n) is 14.8. The standard InChI is InChI=1S/C20H20N4OS/c1-15(14-21)26-20-23-22-19(17-10-6-7-11-18(17)25-2)24(20)13-12-16-8-4-3-5-9-16/h3-11,15H,12-13H2,1-2H3/t15-/m1/s1. The zero-order valence-corrected chi connectivity index (χ0v) is 15.6. The Bertz CT molecular complexity index is 902. The van der Waals surface area contributed by atoms with E-state index in [1.165, 1.54) is 17.3 Å². The Morgan fingerprint density at radius 1 is 1.12 bits per heavy atom. The second-order valence-electron chi connectivity index (χ2n) is 5.78. The van der Waals surface area contributed by atoms with Crippen molar-refractivity contribution in [2.24, 2.45) is 0 Å². The van der Waals surface area contributed by atoms with Gasteiger partial charge in [-0.15, -0.1) is 10.2 Å². The summed E-state index contributed by atoms with van der Waals surface area (Å²) in [5.41, 5.74) is 2.14. The molecule has 0 fully saturated rings. The van der Waals surface area contributed by atoms with Crippen molar-refractivity contribution in [3.8, 4) is 23.2 Å². The summed E-state index contributed by atoms with van der Waals surface area (Å²) < 4.78 is 7.56. The third-order valence-corrected chi connectivity index (χ3v) is 4.97. The van der Waals surface area contributed by atoms with Crippen LogP contribution >= 0.6 is 11.8 Å². The highest BCUT2D eigenvalue weighted by Gasteiger charge is 2.19. The van der Waals surface area contributed by atoms with E-state index in [1.807, 2.05) is 49.4 Å². The molecular weight excluding hydrogens is 344 g/mol. The monoisotopic (exact) mass is 364 g/mol. The van der Waals surface area contributed by atoms with E-state index in [2.05, 4.69) is 33.0 Å². The molecule has 1 aromatic heterocycles. The molecule has 1 heterocycles. The Labute approximate surface area is 157 Å². The molecule has 1 atom stereocenters. The molecule has 0 radical (unpaired) electrons. The number of aryl methyl sites for hydroxylation is 1. The smallest absolute Gasteiger partial charge is 0.192 e. The molecule has 0 unspecified atom stereocenters. The fraction of sp³-hybridized carbons (Fsp3) is 0.250. The van der Waals surface area contributed by atoms with E-state index >= 15 is 0 Å². The summed E-state index contributed by atoms with van der Waals surface area (Å²) in [6.07, 6.45) is 0.857. The van der Waals surface area contributed by atoms with Gasteiger partial charge in [0.2, 0.25) is 0 Å². The molecule has 0 saturated carbocycles. The van der Waals surface area contributed by atoms with Gasteiger partial charge in [-0.1, -0.05) is 54.2 Å². The van der Waals surface area contributed by atoms with Crippen molar-refractivity contribution in [2.45, 2.75) is 30.3 Å². The summed E-state index contributed by atoms with van der Waals surface area (Å²) in [6.45, 7) is 2.59. The first-order valence-corrected chi connectivity index (χ1v) is 9.27. The van der Waals surface area contributed by atoms with E-state index in [1.54, 1.807) is 7.11 Å². The zero-order chi connectivity index (χ0) is 18.4. The van der Waals surface area contributed by atoms with Gasteiger partial charge in [0, 0.05) is 6.54 Å². The fourth-order valence-corrected chi connectivity index (χ4v) is 3.44. The molecule has 0 spiro atoms. The summed E-state index contributed by atoms with van der Waals surface area (Å²) in [6, 6.07) is 20.3. The number of benzene rings is 2. The normalized spacial score (nSPS) is 11.7. The second kappa shape index (κ2) is 8.54. The first-order valence-electron chi connectivity index (χ1n) is 8.39. The number of aromatic nitrogens is 3. The molecule has 0 aliphatic heterocycles. The number of para-hydroxylation sites is 1. The second-order valence-corrected chi connectivity index (χ2v) is 7.09. The van der Waals surface area contributed by atoms with Gasteiger partial charge in [-0.3, -0.25) is 0 Å². The predicted octanol–water partition coefficient (Wildman–Crippen LogP) is 4.20. The molecule has 0 N–H and O–H groups in total. The first kappa shape index (κ1) is 18.0. The molecule has 3 aromatic rings. The summed E-state index contributed by atoms with van der Waals surface area (Å²) in [7, 11) is 1.65. The van der Waals surface area contributed by atoms with Crippen LogP contribution in [0.5, 0.6) is 5.75 Å². The average Bonchev–Trinajstić information content (AvgIpc) is 3.09. The van der Waals surface area contributed by atoms with Crippen LogP contribution in [0.25, 0.3) is 11.4 Å². The van der Waals surface area contributed by atoms with Crippen molar-refractivity contribution >= 4 is 11.8 Å². The maximum Gasteiger partial charge on any atom is 0.192 e. The number of methoxy groups -OCH3 is 1. The minimum Gasteiger partial charge on any atom is -0.496 e. The van der Waals surface area contributed by atoms with Gasteiger partial charge in [-0.25, -0.2) is 0 Å². The number of rotatable bonds is 7. The van der Waals surface area contributed by atoms with Crippen molar-refractivity contribution in [1.82, 2.24) is 14.8 Å². The lowest BCUT2D eigenvalue weighted by molar-refractivity contribution is 0.415. The van der Waals surface area contributed by atoms with Gasteiger partial charge >= 0.3 is 0 Å². The Morgan fingerprint density at radius 3 is 2.58 bits per heavy atom. The van der Waals surface area contributed by atoms with Crippen molar-refractivity contribution in [2.75, 3.05) is 7.11 Å². The van der Waals surface area contributed by atoms with Gasteiger partial charge in [0.15, 0.2) is 11.0 Å². The van der Waals surface area contributed by atoms with E-state index in [4.69, 9.17) is 10.00 Å². The van der Waals surface area contributed by atoms with Crippen molar-refractivity contribution in [3.05, 3.63) is 60.2 Å². The molecule has 3 rings (SSSR count). The van der Waals surface area contributed by atoms with Crippen molar-refractivity contribution in [3.63, 3.8) is 0 Å². The molecule has 0 amide bonds. The van der Waals surface area contributed by atoms with Crippen molar-refractivity contribution in [1.29, 1.82) is 5.26 Å². The van der Waals surface area contributed by atoms with Gasteiger partial charge in [-0.2, -0.15) is 5.26 Å². The van der Waals surface area contributed by atoms with Crippen LogP contribution in [0.3, 0.4) is 0 Å². The van der Waals surface area contributed by atoms with E-state index in [9.17, 15) is 0 Å². The lowest BCUT2D eigenvalue weighted by atomic mass is 10.1. The fourth-order valence-electron chi connectivity index (χ4n) is 2.68. The Kier molecular flexibility index (Phi) is 5.92. The van der Waals surface area contributed by atoms with Crippen LogP contribution in [0.15, 0.2) is 59.8 Å². The molecular formula is C20H20N4OS. The van der Waals surface area contributed by atoms with E-state index in [-0.39, 0.29) is 5.25 Å². The molecule has 0 bridgehead atoms. The molecule has 0 aliphatic rings. The van der Waals surface area contributed by atoms with E-state index < -0.39 is 0 Å². The summed E-state index contributed by atoms with van der Waals surface area (Å²) in [5, 5.41) is 18.4. The number of hydrogen-bond acceptors (Lipinski definition) is 5. The lowest BCUT2D eigenvalue weighted by Crippen LogP contribution is -2.07. The highest BCUT2D eigenvalue weighted by molar-refractivity contribution is 8.00. The number of ether oxygens (including phenoxy) is 1. The molecule has 2 aromatic carbocycles. The summed E-state index contributed by atoms with van der Waals surface area (Å²) in [4.78, 5) is 0. The summed E-state index contributed by atoms with van der Waals surface area (Å²) in [5.74, 6) is 1.51. The Morgan fingerprint density at radius 2 is 1.85 bits per heavy atom. The van der Waals surface area contributed by atoms with Gasteiger partial charge in [0.25, 0.3) is 0 Å². The largest absolute Gasteiger partial charge is 0.496 e. The molecule has 0 aliphatic carbocycles. The number of nitrogens with zero attached hydrogens (tertiary/aromatic N) is 4. The molecule has 26 heavy (non-hydrogen) atoms. The van der Waals surface area contributed by atoms with Crippen LogP contribution in [0.4, 0.5) is 0 Å². The topological polar surface area (TPSA) is 63.7 Å². The third-order valence-electron chi connectivity index (χ3n) is 4.00. The van der Waals surface area contributed by atoms with Crippen LogP contribution < -0.4 is 4.74 Å². The molecule has 6 heteroatoms. The third kappa shape index (κ3) is 4.06. The highest BCUT2D eigenvalue weighted by atomic mass is 32.2. The summed E-state index contributed by atoms with van der Waals surface area (Å²) >= 11 is 1.42. The maximum absolute atomic E-state index is 9.15. The Balaban J connectivity index is 1.97. The SMILES string of the molecule is COc1ccccc1-c1nnc(S[C@H](C)C#N)n1CCc1ccccc1. The van der Waals surface area contributed by atoms with Crippen LogP contribution in [0.2, 0.25) is 0 Å². The minimum absolute atomic E-state index is 0.194. The molecule has 5 nitrogen and oxygen atoms in total. The van der Waals surface area contributed by atoms with Crippen LogP contribution in [-0.2, 0) is 13.0 Å². The maximum atomic E-state index is 9.15.